The van der Waals surface area contributed by atoms with Gasteiger partial charge in [-0.2, -0.15) is 0 Å². The maximum atomic E-state index is 15.5. The smallest absolute Gasteiger partial charge is 0.337 e. The minimum Gasteiger partial charge on any atom is -0.490 e. The van der Waals surface area contributed by atoms with Crippen molar-refractivity contribution in [3.8, 4) is 16.9 Å². The van der Waals surface area contributed by atoms with Gasteiger partial charge in [-0.15, -0.1) is 0 Å². The van der Waals surface area contributed by atoms with Gasteiger partial charge in [-0.1, -0.05) is 11.6 Å². The van der Waals surface area contributed by atoms with E-state index in [4.69, 9.17) is 21.1 Å². The third-order valence-corrected chi connectivity index (χ3v) is 7.72. The summed E-state index contributed by atoms with van der Waals surface area (Å²) in [6, 6.07) is 7.58. The van der Waals surface area contributed by atoms with E-state index in [2.05, 4.69) is 0 Å². The molecule has 5 rings (SSSR count). The number of hydrogen-bond donors (Lipinski definition) is 1. The van der Waals surface area contributed by atoms with Crippen molar-refractivity contribution in [2.45, 2.75) is 65.6 Å². The molecule has 3 aromatic carbocycles. The number of aliphatic carboxylic acids is 1. The van der Waals surface area contributed by atoms with Crippen LogP contribution in [0.1, 0.15) is 61.1 Å². The van der Waals surface area contributed by atoms with E-state index >= 15 is 4.39 Å². The highest BCUT2D eigenvalue weighted by atomic mass is 35.5. The minimum atomic E-state index is -1.29. The van der Waals surface area contributed by atoms with Crippen LogP contribution in [0.4, 0.5) is 20.2 Å². The molecule has 8 heteroatoms. The normalized spacial score (nSPS) is 15.5. The van der Waals surface area contributed by atoms with Crippen LogP contribution in [0.25, 0.3) is 11.1 Å². The third-order valence-electron chi connectivity index (χ3n) is 7.40. The molecule has 0 unspecified atom stereocenters. The molecule has 3 aromatic rings. The first kappa shape index (κ1) is 27.4. The van der Waals surface area contributed by atoms with E-state index in [0.717, 1.165) is 28.8 Å². The van der Waals surface area contributed by atoms with Crippen LogP contribution in [0.3, 0.4) is 0 Å². The standard InChI is InChI=1S/C31H32ClF2NO4/c1-16-13-24-20(10-11-35(24)25-14-18(33)8-9-22(25)32)27(26(16)29(30(36)37)39-31(3,4)5)21-15-23(34)28-19(17(21)2)7-6-12-38-28/h8-9,13-15,29H,6-7,10-12H2,1-5H3,(H,36,37)/t29-/m0/s1. The molecule has 0 spiro atoms. The highest BCUT2D eigenvalue weighted by molar-refractivity contribution is 6.33. The molecule has 0 aliphatic carbocycles. The molecule has 2 heterocycles. The van der Waals surface area contributed by atoms with Crippen LogP contribution in [0.2, 0.25) is 5.02 Å². The Balaban J connectivity index is 1.82. The topological polar surface area (TPSA) is 59.0 Å². The van der Waals surface area contributed by atoms with Gasteiger partial charge < -0.3 is 19.5 Å². The summed E-state index contributed by atoms with van der Waals surface area (Å²) in [6.45, 7) is 10.1. The van der Waals surface area contributed by atoms with Crippen LogP contribution in [0, 0.1) is 25.5 Å². The number of carboxylic acid groups (broad SMARTS) is 1. The molecule has 0 radical (unpaired) electrons. The van der Waals surface area contributed by atoms with Crippen molar-refractivity contribution in [3.05, 3.63) is 74.8 Å². The predicted molar refractivity (Wildman–Crippen MR) is 148 cm³/mol. The quantitative estimate of drug-likeness (QED) is 0.347. The lowest BCUT2D eigenvalue weighted by Crippen LogP contribution is -2.28. The zero-order chi connectivity index (χ0) is 28.2. The molecule has 0 saturated carbocycles. The molecule has 0 bridgehead atoms. The maximum Gasteiger partial charge on any atom is 0.337 e. The first-order valence-corrected chi connectivity index (χ1v) is 13.5. The van der Waals surface area contributed by atoms with Gasteiger partial charge in [0.25, 0.3) is 0 Å². The van der Waals surface area contributed by atoms with Gasteiger partial charge in [-0.3, -0.25) is 0 Å². The number of aryl methyl sites for hydroxylation is 1. The number of halogens is 3. The van der Waals surface area contributed by atoms with Crippen LogP contribution in [0.15, 0.2) is 30.3 Å². The molecule has 0 aromatic heterocycles. The van der Waals surface area contributed by atoms with Gasteiger partial charge in [0, 0.05) is 23.4 Å². The lowest BCUT2D eigenvalue weighted by atomic mass is 9.83. The zero-order valence-corrected chi connectivity index (χ0v) is 23.5. The van der Waals surface area contributed by atoms with E-state index in [1.54, 1.807) is 20.8 Å². The van der Waals surface area contributed by atoms with Crippen molar-refractivity contribution in [3.63, 3.8) is 0 Å². The Morgan fingerprint density at radius 3 is 2.54 bits per heavy atom. The summed E-state index contributed by atoms with van der Waals surface area (Å²) >= 11 is 6.49. The predicted octanol–water partition coefficient (Wildman–Crippen LogP) is 7.86. The molecule has 1 N–H and O–H groups in total. The summed E-state index contributed by atoms with van der Waals surface area (Å²) < 4.78 is 41.5. The Morgan fingerprint density at radius 2 is 1.85 bits per heavy atom. The molecule has 2 aliphatic heterocycles. The molecular formula is C31H32ClF2NO4. The average Bonchev–Trinajstić information content (AvgIpc) is 3.28. The fourth-order valence-corrected chi connectivity index (χ4v) is 6.01. The van der Waals surface area contributed by atoms with Crippen molar-refractivity contribution in [1.82, 2.24) is 0 Å². The van der Waals surface area contributed by atoms with Crippen molar-refractivity contribution in [2.75, 3.05) is 18.1 Å². The monoisotopic (exact) mass is 555 g/mol. The van der Waals surface area contributed by atoms with Crippen molar-refractivity contribution in [2.24, 2.45) is 0 Å². The zero-order valence-electron chi connectivity index (χ0n) is 22.8. The largest absolute Gasteiger partial charge is 0.490 e. The first-order valence-electron chi connectivity index (χ1n) is 13.1. The Kier molecular flexibility index (Phi) is 7.10. The number of nitrogens with zero attached hydrogens (tertiary/aromatic N) is 1. The second-order valence-electron chi connectivity index (χ2n) is 11.2. The number of carbonyl (C=O) groups is 1. The van der Waals surface area contributed by atoms with Gasteiger partial charge in [0.2, 0.25) is 0 Å². The number of anilines is 2. The molecule has 2 aliphatic rings. The van der Waals surface area contributed by atoms with E-state index in [0.29, 0.717) is 59.0 Å². The van der Waals surface area contributed by atoms with Gasteiger partial charge in [-0.05, 0) is 112 Å². The Hall–Kier alpha value is -3.16. The van der Waals surface area contributed by atoms with E-state index < -0.39 is 29.3 Å². The highest BCUT2D eigenvalue weighted by Crippen LogP contribution is 2.49. The van der Waals surface area contributed by atoms with Gasteiger partial charge >= 0.3 is 5.97 Å². The summed E-state index contributed by atoms with van der Waals surface area (Å²) in [5, 5.41) is 10.8. The van der Waals surface area contributed by atoms with Crippen LogP contribution in [-0.2, 0) is 22.4 Å². The Morgan fingerprint density at radius 1 is 1.10 bits per heavy atom. The van der Waals surface area contributed by atoms with Gasteiger partial charge in [-0.25, -0.2) is 13.6 Å². The SMILES string of the molecule is Cc1cc2c(c(-c3cc(F)c4c(c3C)CCCO4)c1[C@H](OC(C)(C)C)C(=O)O)CCN2c1cc(F)ccc1Cl. The molecule has 39 heavy (non-hydrogen) atoms. The number of hydrogen-bond acceptors (Lipinski definition) is 4. The number of carboxylic acids is 1. The van der Waals surface area contributed by atoms with Crippen LogP contribution < -0.4 is 9.64 Å². The fraction of sp³-hybridized carbons (Fsp3) is 0.387. The third kappa shape index (κ3) is 4.98. The van der Waals surface area contributed by atoms with Crippen molar-refractivity contribution in [1.29, 1.82) is 0 Å². The Bertz CT molecular complexity index is 1480. The fourth-order valence-electron chi connectivity index (χ4n) is 5.79. The van der Waals surface area contributed by atoms with Crippen LogP contribution >= 0.6 is 11.6 Å². The first-order chi connectivity index (χ1) is 18.4. The van der Waals surface area contributed by atoms with Gasteiger partial charge in [0.15, 0.2) is 17.7 Å². The number of fused-ring (bicyclic) bond motifs is 2. The molecule has 0 amide bonds. The minimum absolute atomic E-state index is 0.266. The molecule has 0 saturated heterocycles. The lowest BCUT2D eigenvalue weighted by Gasteiger charge is -2.31. The molecule has 0 fully saturated rings. The second kappa shape index (κ2) is 10.1. The number of ether oxygens (including phenoxy) is 2. The Labute approximate surface area is 232 Å². The summed E-state index contributed by atoms with van der Waals surface area (Å²) in [6.07, 6.45) is 0.682. The molecule has 206 valence electrons. The van der Waals surface area contributed by atoms with Gasteiger partial charge in [0.1, 0.15) is 5.82 Å². The molecule has 1 atom stereocenters. The van der Waals surface area contributed by atoms with Gasteiger partial charge in [0.05, 0.1) is 22.9 Å². The van der Waals surface area contributed by atoms with E-state index in [1.165, 1.54) is 24.3 Å². The van der Waals surface area contributed by atoms with Crippen molar-refractivity contribution < 1.29 is 28.2 Å². The van der Waals surface area contributed by atoms with Crippen molar-refractivity contribution >= 4 is 28.9 Å². The van der Waals surface area contributed by atoms with E-state index in [1.807, 2.05) is 24.8 Å². The maximum absolute atomic E-state index is 15.5. The number of rotatable bonds is 5. The van der Waals surface area contributed by atoms with Crippen LogP contribution in [-0.4, -0.2) is 29.8 Å². The summed E-state index contributed by atoms with van der Waals surface area (Å²) in [5.41, 5.74) is 5.46. The van der Waals surface area contributed by atoms with Crippen LogP contribution in [0.5, 0.6) is 5.75 Å². The van der Waals surface area contributed by atoms with E-state index in [-0.39, 0.29) is 5.75 Å². The molecule has 5 nitrogen and oxygen atoms in total. The second-order valence-corrected chi connectivity index (χ2v) is 11.6. The lowest BCUT2D eigenvalue weighted by molar-refractivity contribution is -0.160. The highest BCUT2D eigenvalue weighted by Gasteiger charge is 2.36. The average molecular weight is 556 g/mol. The summed E-state index contributed by atoms with van der Waals surface area (Å²) in [4.78, 5) is 14.6. The molecular weight excluding hydrogens is 524 g/mol. The number of benzene rings is 3. The summed E-state index contributed by atoms with van der Waals surface area (Å²) in [5.74, 6) is -1.74. The summed E-state index contributed by atoms with van der Waals surface area (Å²) in [7, 11) is 0. The van der Waals surface area contributed by atoms with E-state index in [9.17, 15) is 14.3 Å².